The summed E-state index contributed by atoms with van der Waals surface area (Å²) in [4.78, 5) is 3.38. The number of nitrogens with zero attached hydrogens (tertiary/aromatic N) is 3. The largest absolute Gasteiger partial charge is 0.424 e. The molecule has 0 saturated carbocycles. The van der Waals surface area contributed by atoms with Crippen molar-refractivity contribution in [2.75, 3.05) is 0 Å². The number of benzene rings is 2. The molecule has 2 heterocycles. The first kappa shape index (κ1) is 21.1. The maximum atomic E-state index is 12.9. The molecular weight excluding hydrogens is 414 g/mol. The first-order valence-corrected chi connectivity index (χ1v) is 11.5. The van der Waals surface area contributed by atoms with Crippen molar-refractivity contribution >= 4 is 20.9 Å². The van der Waals surface area contributed by atoms with Crippen molar-refractivity contribution in [2.24, 2.45) is 0 Å². The van der Waals surface area contributed by atoms with Crippen molar-refractivity contribution in [3.63, 3.8) is 0 Å². The van der Waals surface area contributed by atoms with Gasteiger partial charge in [0.1, 0.15) is 5.75 Å². The van der Waals surface area contributed by atoms with Gasteiger partial charge in [-0.2, -0.15) is 0 Å². The Labute approximate surface area is 181 Å². The number of aromatic amines is 1. The van der Waals surface area contributed by atoms with Crippen LogP contribution in [0.5, 0.6) is 11.8 Å². The summed E-state index contributed by atoms with van der Waals surface area (Å²) in [5, 5.41) is 9.43. The maximum absolute atomic E-state index is 12.9. The van der Waals surface area contributed by atoms with Gasteiger partial charge < -0.3 is 9.72 Å². The number of nitrogens with one attached hydrogen (secondary N) is 2. The highest BCUT2D eigenvalue weighted by Gasteiger charge is 2.24. The minimum atomic E-state index is -3.72. The zero-order valence-electron chi connectivity index (χ0n) is 17.9. The van der Waals surface area contributed by atoms with E-state index in [-0.39, 0.29) is 4.90 Å². The Morgan fingerprint density at radius 2 is 1.84 bits per heavy atom. The van der Waals surface area contributed by atoms with Crippen molar-refractivity contribution in [1.82, 2.24) is 24.5 Å². The molecule has 0 saturated heterocycles. The van der Waals surface area contributed by atoms with Crippen molar-refractivity contribution in [1.29, 1.82) is 0 Å². The standard InChI is InChI=1S/C22H25N5O3S/c1-5-27-21(16(4)26-31(28,29)19-11-14(2)10-15(3)12-19)24-25-22(27)30-18-7-6-17-8-9-23-20(17)13-18/h6-13,16,23,26H,5H2,1-4H3/t16-/m1/s1. The molecule has 4 aromatic rings. The second-order valence-corrected chi connectivity index (χ2v) is 9.29. The molecule has 0 aliphatic heterocycles. The van der Waals surface area contributed by atoms with Gasteiger partial charge in [0, 0.05) is 24.3 Å². The van der Waals surface area contributed by atoms with Crippen molar-refractivity contribution in [2.45, 2.75) is 45.2 Å². The Bertz CT molecular complexity index is 1320. The summed E-state index contributed by atoms with van der Waals surface area (Å²) in [5.74, 6) is 1.10. The van der Waals surface area contributed by atoms with Gasteiger partial charge in [0.25, 0.3) is 0 Å². The third kappa shape index (κ3) is 4.33. The quantitative estimate of drug-likeness (QED) is 0.449. The van der Waals surface area contributed by atoms with E-state index < -0.39 is 16.1 Å². The average molecular weight is 440 g/mol. The van der Waals surface area contributed by atoms with Crippen LogP contribution in [0.1, 0.15) is 36.8 Å². The van der Waals surface area contributed by atoms with Crippen LogP contribution in [0.4, 0.5) is 0 Å². The van der Waals surface area contributed by atoms with Crippen LogP contribution in [0.2, 0.25) is 0 Å². The van der Waals surface area contributed by atoms with E-state index in [1.165, 1.54) is 0 Å². The topological polar surface area (TPSA) is 102 Å². The number of hydrogen-bond donors (Lipinski definition) is 2. The Balaban J connectivity index is 1.58. The van der Waals surface area contributed by atoms with Gasteiger partial charge in [0.2, 0.25) is 10.0 Å². The number of aromatic nitrogens is 4. The first-order valence-electron chi connectivity index (χ1n) is 10.1. The molecule has 9 heteroatoms. The zero-order valence-corrected chi connectivity index (χ0v) is 18.7. The van der Waals surface area contributed by atoms with Crippen LogP contribution >= 0.6 is 0 Å². The lowest BCUT2D eigenvalue weighted by Crippen LogP contribution is -2.29. The van der Waals surface area contributed by atoms with Gasteiger partial charge in [0.05, 0.1) is 10.9 Å². The molecule has 0 unspecified atom stereocenters. The van der Waals surface area contributed by atoms with Crippen LogP contribution in [-0.2, 0) is 16.6 Å². The van der Waals surface area contributed by atoms with E-state index in [1.807, 2.05) is 57.3 Å². The number of ether oxygens (including phenoxy) is 1. The van der Waals surface area contributed by atoms with E-state index in [1.54, 1.807) is 23.6 Å². The molecule has 8 nitrogen and oxygen atoms in total. The van der Waals surface area contributed by atoms with Gasteiger partial charge in [0.15, 0.2) is 5.82 Å². The normalized spacial score (nSPS) is 12.9. The van der Waals surface area contributed by atoms with Gasteiger partial charge in [-0.15, -0.1) is 5.10 Å². The minimum absolute atomic E-state index is 0.232. The van der Waals surface area contributed by atoms with Gasteiger partial charge in [-0.3, -0.25) is 4.57 Å². The van der Waals surface area contributed by atoms with Gasteiger partial charge >= 0.3 is 6.01 Å². The van der Waals surface area contributed by atoms with Crippen molar-refractivity contribution in [3.8, 4) is 11.8 Å². The van der Waals surface area contributed by atoms with E-state index in [9.17, 15) is 8.42 Å². The fourth-order valence-corrected chi connectivity index (χ4v) is 5.02. The predicted octanol–water partition coefficient (Wildman–Crippen LogP) is 4.23. The Hall–Kier alpha value is -3.17. The fraction of sp³-hybridized carbons (Fsp3) is 0.273. The molecule has 31 heavy (non-hydrogen) atoms. The van der Waals surface area contributed by atoms with Crippen LogP contribution < -0.4 is 9.46 Å². The average Bonchev–Trinajstić information content (AvgIpc) is 3.33. The lowest BCUT2D eigenvalue weighted by Gasteiger charge is -2.16. The molecular formula is C22H25N5O3S. The van der Waals surface area contributed by atoms with Crippen LogP contribution in [0.25, 0.3) is 10.9 Å². The molecule has 0 aliphatic carbocycles. The van der Waals surface area contributed by atoms with Crippen LogP contribution in [0.3, 0.4) is 0 Å². The summed E-state index contributed by atoms with van der Waals surface area (Å²) in [6.45, 7) is 7.94. The van der Waals surface area contributed by atoms with Crippen LogP contribution in [0, 0.1) is 13.8 Å². The van der Waals surface area contributed by atoms with E-state index in [0.29, 0.717) is 24.1 Å². The summed E-state index contributed by atoms with van der Waals surface area (Å²) in [6, 6.07) is 12.6. The second kappa shape index (κ2) is 8.16. The monoisotopic (exact) mass is 439 g/mol. The lowest BCUT2D eigenvalue weighted by atomic mass is 10.2. The lowest BCUT2D eigenvalue weighted by molar-refractivity contribution is 0.408. The fourth-order valence-electron chi connectivity index (χ4n) is 3.63. The molecule has 0 spiro atoms. The van der Waals surface area contributed by atoms with E-state index >= 15 is 0 Å². The number of H-pyrrole nitrogens is 1. The highest BCUT2D eigenvalue weighted by Crippen LogP contribution is 2.26. The van der Waals surface area contributed by atoms with E-state index in [0.717, 1.165) is 22.0 Å². The maximum Gasteiger partial charge on any atom is 0.322 e. The summed E-state index contributed by atoms with van der Waals surface area (Å²) in [6.07, 6.45) is 1.87. The Morgan fingerprint density at radius 1 is 1.10 bits per heavy atom. The molecule has 162 valence electrons. The molecule has 1 atom stereocenters. The number of rotatable bonds is 7. The van der Waals surface area contributed by atoms with Crippen molar-refractivity contribution in [3.05, 3.63) is 65.6 Å². The zero-order chi connectivity index (χ0) is 22.2. The molecule has 4 rings (SSSR count). The number of fused-ring (bicyclic) bond motifs is 1. The van der Waals surface area contributed by atoms with Gasteiger partial charge in [-0.25, -0.2) is 13.1 Å². The third-order valence-electron chi connectivity index (χ3n) is 5.02. The molecule has 2 aromatic carbocycles. The van der Waals surface area contributed by atoms with Crippen LogP contribution in [0.15, 0.2) is 53.6 Å². The highest BCUT2D eigenvalue weighted by molar-refractivity contribution is 7.89. The molecule has 2 N–H and O–H groups in total. The first-order chi connectivity index (χ1) is 14.8. The van der Waals surface area contributed by atoms with Crippen LogP contribution in [-0.4, -0.2) is 28.2 Å². The molecule has 0 radical (unpaired) electrons. The molecule has 0 aliphatic rings. The van der Waals surface area contributed by atoms with Gasteiger partial charge in [-0.05, 0) is 74.5 Å². The smallest absolute Gasteiger partial charge is 0.322 e. The SMILES string of the molecule is CCn1c(Oc2ccc3cc[nH]c3c2)nnc1[C@@H](C)NS(=O)(=O)c1cc(C)cc(C)c1. The summed E-state index contributed by atoms with van der Waals surface area (Å²) in [5.41, 5.74) is 2.73. The van der Waals surface area contributed by atoms with Gasteiger partial charge in [-0.1, -0.05) is 11.2 Å². The summed E-state index contributed by atoms with van der Waals surface area (Å²) >= 11 is 0. The highest BCUT2D eigenvalue weighted by atomic mass is 32.2. The summed E-state index contributed by atoms with van der Waals surface area (Å²) < 4.78 is 36.2. The second-order valence-electron chi connectivity index (χ2n) is 7.58. The third-order valence-corrected chi connectivity index (χ3v) is 6.54. The molecule has 0 bridgehead atoms. The molecule has 0 fully saturated rings. The molecule has 0 amide bonds. The van der Waals surface area contributed by atoms with E-state index in [4.69, 9.17) is 4.74 Å². The number of sulfonamides is 1. The van der Waals surface area contributed by atoms with E-state index in [2.05, 4.69) is 19.9 Å². The predicted molar refractivity (Wildman–Crippen MR) is 119 cm³/mol. The Morgan fingerprint density at radius 3 is 2.55 bits per heavy atom. The van der Waals surface area contributed by atoms with Crippen molar-refractivity contribution < 1.29 is 13.2 Å². The minimum Gasteiger partial charge on any atom is -0.424 e. The molecule has 2 aromatic heterocycles. The number of aryl methyl sites for hydroxylation is 2. The Kier molecular flexibility index (Phi) is 5.55. The summed E-state index contributed by atoms with van der Waals surface area (Å²) in [7, 11) is -3.72. The number of hydrogen-bond acceptors (Lipinski definition) is 5.